The van der Waals surface area contributed by atoms with Gasteiger partial charge in [-0.3, -0.25) is 9.59 Å². The smallest absolute Gasteiger partial charge is 0.329 e. The maximum absolute atomic E-state index is 12.5. The minimum Gasteiger partial charge on any atom is -0.497 e. The summed E-state index contributed by atoms with van der Waals surface area (Å²) in [6.45, 7) is 5.07. The quantitative estimate of drug-likeness (QED) is 0.660. The molecule has 2 atom stereocenters. The van der Waals surface area contributed by atoms with Crippen LogP contribution in [-0.2, 0) is 14.3 Å². The molecule has 0 unspecified atom stereocenters. The van der Waals surface area contributed by atoms with Crippen LogP contribution in [0.2, 0.25) is 0 Å². The first kappa shape index (κ1) is 21.4. The van der Waals surface area contributed by atoms with Gasteiger partial charge in [0.2, 0.25) is 0 Å². The Balaban J connectivity index is 1.95. The van der Waals surface area contributed by atoms with Crippen molar-refractivity contribution in [2.24, 2.45) is 5.92 Å². The molecule has 2 N–H and O–H groups in total. The summed E-state index contributed by atoms with van der Waals surface area (Å²) in [6, 6.07) is 9.36. The van der Waals surface area contributed by atoms with Crippen LogP contribution >= 0.6 is 11.3 Å². The van der Waals surface area contributed by atoms with Crippen LogP contribution in [-0.4, -0.2) is 37.0 Å². The van der Waals surface area contributed by atoms with Gasteiger partial charge in [0.15, 0.2) is 6.10 Å². The number of hydrogen-bond acceptors (Lipinski definition) is 6. The normalized spacial score (nSPS) is 12.8. The SMILES string of the molecule is COc1ccc(NC(=O)[C@H](C)OC(=O)[C@H](NC(=O)c2cccs2)C(C)C)cc1. The first-order chi connectivity index (χ1) is 13.3. The van der Waals surface area contributed by atoms with Gasteiger partial charge in [0, 0.05) is 5.69 Å². The summed E-state index contributed by atoms with van der Waals surface area (Å²) in [6.07, 6.45) is -1.02. The molecular weight excluding hydrogens is 380 g/mol. The van der Waals surface area contributed by atoms with E-state index in [4.69, 9.17) is 9.47 Å². The molecule has 0 saturated heterocycles. The molecule has 8 heteroatoms. The molecule has 0 spiro atoms. The van der Waals surface area contributed by atoms with Crippen molar-refractivity contribution < 1.29 is 23.9 Å². The highest BCUT2D eigenvalue weighted by molar-refractivity contribution is 7.12. The molecule has 1 aromatic heterocycles. The fourth-order valence-electron chi connectivity index (χ4n) is 2.34. The number of carbonyl (C=O) groups excluding carboxylic acids is 3. The minimum absolute atomic E-state index is 0.201. The average Bonchev–Trinajstić information content (AvgIpc) is 3.21. The first-order valence-electron chi connectivity index (χ1n) is 8.81. The summed E-state index contributed by atoms with van der Waals surface area (Å²) in [7, 11) is 1.55. The van der Waals surface area contributed by atoms with Crippen LogP contribution in [0, 0.1) is 5.92 Å². The number of carbonyl (C=O) groups is 3. The molecule has 2 aromatic rings. The number of methoxy groups -OCH3 is 1. The van der Waals surface area contributed by atoms with Crippen molar-refractivity contribution in [3.8, 4) is 5.75 Å². The largest absolute Gasteiger partial charge is 0.497 e. The zero-order valence-electron chi connectivity index (χ0n) is 16.2. The Morgan fingerprint density at radius 3 is 2.25 bits per heavy atom. The predicted octanol–water partition coefficient (Wildman–Crippen LogP) is 3.08. The number of nitrogens with one attached hydrogen (secondary N) is 2. The highest BCUT2D eigenvalue weighted by atomic mass is 32.1. The lowest BCUT2D eigenvalue weighted by molar-refractivity contribution is -0.156. The molecule has 28 heavy (non-hydrogen) atoms. The number of thiophene rings is 1. The number of esters is 1. The van der Waals surface area contributed by atoms with E-state index >= 15 is 0 Å². The molecular formula is C20H24N2O5S. The number of benzene rings is 1. The molecule has 0 saturated carbocycles. The van der Waals surface area contributed by atoms with Gasteiger partial charge in [-0.15, -0.1) is 11.3 Å². The van der Waals surface area contributed by atoms with Crippen LogP contribution < -0.4 is 15.4 Å². The number of rotatable bonds is 8. The number of ether oxygens (including phenoxy) is 2. The van der Waals surface area contributed by atoms with E-state index in [1.165, 1.54) is 18.3 Å². The zero-order chi connectivity index (χ0) is 20.7. The van der Waals surface area contributed by atoms with E-state index in [0.29, 0.717) is 16.3 Å². The Morgan fingerprint density at radius 2 is 1.71 bits per heavy atom. The van der Waals surface area contributed by atoms with Crippen molar-refractivity contribution in [2.45, 2.75) is 32.9 Å². The van der Waals surface area contributed by atoms with Gasteiger partial charge >= 0.3 is 5.97 Å². The van der Waals surface area contributed by atoms with Gasteiger partial charge in [0.1, 0.15) is 11.8 Å². The van der Waals surface area contributed by atoms with Gasteiger partial charge in [-0.05, 0) is 48.6 Å². The number of amides is 2. The van der Waals surface area contributed by atoms with E-state index in [0.717, 1.165) is 0 Å². The van der Waals surface area contributed by atoms with Crippen molar-refractivity contribution in [1.82, 2.24) is 5.32 Å². The van der Waals surface area contributed by atoms with Gasteiger partial charge in [-0.2, -0.15) is 0 Å². The lowest BCUT2D eigenvalue weighted by Crippen LogP contribution is -2.47. The third kappa shape index (κ3) is 5.82. The predicted molar refractivity (Wildman–Crippen MR) is 108 cm³/mol. The Morgan fingerprint density at radius 1 is 1.04 bits per heavy atom. The Labute approximate surface area is 168 Å². The zero-order valence-corrected chi connectivity index (χ0v) is 17.0. The van der Waals surface area contributed by atoms with Crippen molar-refractivity contribution in [3.05, 3.63) is 46.7 Å². The summed E-state index contributed by atoms with van der Waals surface area (Å²) in [5, 5.41) is 7.13. The Hall–Kier alpha value is -2.87. The lowest BCUT2D eigenvalue weighted by Gasteiger charge is -2.22. The molecule has 2 amide bonds. The minimum atomic E-state index is -1.02. The maximum Gasteiger partial charge on any atom is 0.329 e. The second kappa shape index (κ2) is 9.89. The molecule has 150 valence electrons. The van der Waals surface area contributed by atoms with Crippen molar-refractivity contribution in [2.75, 3.05) is 12.4 Å². The standard InChI is InChI=1S/C20H24N2O5S/c1-12(2)17(22-19(24)16-6-5-11-28-16)20(25)27-13(3)18(23)21-14-7-9-15(26-4)10-8-14/h5-13,17H,1-4H3,(H,21,23)(H,22,24)/t13-,17+/m0/s1. The van der Waals surface area contributed by atoms with E-state index in [1.807, 2.05) is 0 Å². The first-order valence-corrected chi connectivity index (χ1v) is 9.69. The molecule has 2 rings (SSSR count). The van der Waals surface area contributed by atoms with Crippen molar-refractivity contribution in [3.63, 3.8) is 0 Å². The maximum atomic E-state index is 12.5. The summed E-state index contributed by atoms with van der Waals surface area (Å²) in [5.41, 5.74) is 0.556. The highest BCUT2D eigenvalue weighted by Crippen LogP contribution is 2.16. The molecule has 0 radical (unpaired) electrons. The average molecular weight is 404 g/mol. The number of anilines is 1. The summed E-state index contributed by atoms with van der Waals surface area (Å²) in [4.78, 5) is 37.6. The van der Waals surface area contributed by atoms with Gasteiger partial charge in [-0.1, -0.05) is 19.9 Å². The van der Waals surface area contributed by atoms with E-state index in [2.05, 4.69) is 10.6 Å². The van der Waals surface area contributed by atoms with E-state index < -0.39 is 24.0 Å². The van der Waals surface area contributed by atoms with Gasteiger partial charge in [0.25, 0.3) is 11.8 Å². The van der Waals surface area contributed by atoms with Crippen molar-refractivity contribution >= 4 is 34.8 Å². The van der Waals surface area contributed by atoms with Crippen LogP contribution in [0.5, 0.6) is 5.75 Å². The Kier molecular flexibility index (Phi) is 7.57. The summed E-state index contributed by atoms with van der Waals surface area (Å²) in [5.74, 6) is -1.00. The molecule has 7 nitrogen and oxygen atoms in total. The van der Waals surface area contributed by atoms with Gasteiger partial charge < -0.3 is 20.1 Å². The molecule has 1 aromatic carbocycles. The molecule has 0 aliphatic rings. The monoisotopic (exact) mass is 404 g/mol. The molecule has 0 aliphatic heterocycles. The third-order valence-corrected chi connectivity index (χ3v) is 4.84. The highest BCUT2D eigenvalue weighted by Gasteiger charge is 2.29. The molecule has 0 aliphatic carbocycles. The van der Waals surface area contributed by atoms with Crippen LogP contribution in [0.1, 0.15) is 30.4 Å². The van der Waals surface area contributed by atoms with E-state index in [9.17, 15) is 14.4 Å². The van der Waals surface area contributed by atoms with Crippen LogP contribution in [0.25, 0.3) is 0 Å². The van der Waals surface area contributed by atoms with Crippen LogP contribution in [0.4, 0.5) is 5.69 Å². The summed E-state index contributed by atoms with van der Waals surface area (Å²) < 4.78 is 10.3. The van der Waals surface area contributed by atoms with Crippen molar-refractivity contribution in [1.29, 1.82) is 0 Å². The fourth-order valence-corrected chi connectivity index (χ4v) is 2.96. The second-order valence-corrected chi connectivity index (χ2v) is 7.42. The fraction of sp³-hybridized carbons (Fsp3) is 0.350. The van der Waals surface area contributed by atoms with Crippen LogP contribution in [0.15, 0.2) is 41.8 Å². The summed E-state index contributed by atoms with van der Waals surface area (Å²) >= 11 is 1.28. The van der Waals surface area contributed by atoms with Gasteiger partial charge in [0.05, 0.1) is 12.0 Å². The molecule has 0 bridgehead atoms. The van der Waals surface area contributed by atoms with E-state index in [-0.39, 0.29) is 11.8 Å². The Bertz CT molecular complexity index is 803. The lowest BCUT2D eigenvalue weighted by atomic mass is 10.0. The van der Waals surface area contributed by atoms with Gasteiger partial charge in [-0.25, -0.2) is 4.79 Å². The number of hydrogen-bond donors (Lipinski definition) is 2. The van der Waals surface area contributed by atoms with E-state index in [1.54, 1.807) is 62.7 Å². The topological polar surface area (TPSA) is 93.7 Å². The van der Waals surface area contributed by atoms with Crippen LogP contribution in [0.3, 0.4) is 0 Å². The second-order valence-electron chi connectivity index (χ2n) is 6.47. The molecule has 0 fully saturated rings. The molecule has 1 heterocycles. The third-order valence-electron chi connectivity index (χ3n) is 3.97.